The zero-order valence-electron chi connectivity index (χ0n) is 34.2. The number of carboxylic acids is 1. The lowest BCUT2D eigenvalue weighted by molar-refractivity contribution is -0.137. The molecule has 0 bridgehead atoms. The Labute approximate surface area is 350 Å². The highest BCUT2D eigenvalue weighted by molar-refractivity contribution is 7.86. The van der Waals surface area contributed by atoms with Crippen LogP contribution in [0.25, 0.3) is 21.7 Å². The van der Waals surface area contributed by atoms with E-state index in [0.29, 0.717) is 6.42 Å². The highest BCUT2D eigenvalue weighted by Crippen LogP contribution is 2.32. The summed E-state index contributed by atoms with van der Waals surface area (Å²) in [7, 11) is -6.72. The molecule has 1 atom stereocenters. The van der Waals surface area contributed by atoms with Crippen molar-refractivity contribution in [3.63, 3.8) is 0 Å². The Balaban J connectivity index is 0.000000169. The van der Waals surface area contributed by atoms with Crippen LogP contribution in [-0.2, 0) is 44.5 Å². The number of aromatic nitrogens is 1. The van der Waals surface area contributed by atoms with Gasteiger partial charge in [-0.1, -0.05) is 143 Å². The van der Waals surface area contributed by atoms with Crippen LogP contribution < -0.4 is 0 Å². The zero-order valence-corrected chi connectivity index (χ0v) is 35.8. The van der Waals surface area contributed by atoms with Gasteiger partial charge in [0.1, 0.15) is 9.79 Å². The number of allylic oxidation sites excluding steroid dienone is 2. The quantitative estimate of drug-likeness (QED) is 0.0471. The number of hydrogen-bond donors (Lipinski definition) is 3. The van der Waals surface area contributed by atoms with Crippen molar-refractivity contribution in [1.29, 1.82) is 0 Å². The minimum Gasteiger partial charge on any atom is -0.481 e. The van der Waals surface area contributed by atoms with Crippen LogP contribution in [0.2, 0.25) is 0 Å². The van der Waals surface area contributed by atoms with Gasteiger partial charge >= 0.3 is 5.97 Å². The summed E-state index contributed by atoms with van der Waals surface area (Å²) in [6.45, 7) is 3.19. The van der Waals surface area contributed by atoms with E-state index < -0.39 is 36.0 Å². The third kappa shape index (κ3) is 13.9. The molecule has 10 nitrogen and oxygen atoms in total. The van der Waals surface area contributed by atoms with Crippen molar-refractivity contribution >= 4 is 47.9 Å². The van der Waals surface area contributed by atoms with Gasteiger partial charge in [-0.2, -0.15) is 16.8 Å². The van der Waals surface area contributed by atoms with E-state index in [0.717, 1.165) is 56.9 Å². The van der Waals surface area contributed by atoms with E-state index in [9.17, 15) is 21.6 Å². The Morgan fingerprint density at radius 2 is 1.22 bits per heavy atom. The lowest BCUT2D eigenvalue weighted by Crippen LogP contribution is -2.27. The zero-order chi connectivity index (χ0) is 42.3. The van der Waals surface area contributed by atoms with Gasteiger partial charge in [0.15, 0.2) is 0 Å². The molecule has 0 radical (unpaired) electrons. The first-order valence-corrected chi connectivity index (χ1v) is 23.9. The molecule has 2 aliphatic rings. The molecule has 0 spiro atoms. The van der Waals surface area contributed by atoms with Crippen LogP contribution in [0.4, 0.5) is 0 Å². The fraction of sp³-hybridized carbons (Fsp3) is 0.426. The molecule has 4 aromatic carbocycles. The number of unbranched alkanes of at least 4 members (excludes halogenated alkanes) is 9. The molecule has 0 fully saturated rings. The Kier molecular flexibility index (Phi) is 17.3. The number of carbonyl (C=O) groups is 1. The van der Waals surface area contributed by atoms with Crippen molar-refractivity contribution < 1.29 is 35.8 Å². The number of hydrogen-bond acceptors (Lipinski definition) is 6. The van der Waals surface area contributed by atoms with E-state index in [2.05, 4.69) is 83.3 Å². The maximum atomic E-state index is 11.2. The molecule has 318 valence electrons. The van der Waals surface area contributed by atoms with E-state index in [-0.39, 0.29) is 10.8 Å². The summed E-state index contributed by atoms with van der Waals surface area (Å²) < 4.78 is 65.2. The summed E-state index contributed by atoms with van der Waals surface area (Å²) in [5, 5.41) is 9.99. The molecule has 2 heterocycles. The van der Waals surface area contributed by atoms with Crippen LogP contribution in [0.3, 0.4) is 0 Å². The van der Waals surface area contributed by atoms with Gasteiger partial charge in [0.05, 0.1) is 0 Å². The smallest absolute Gasteiger partial charge is 0.303 e. The van der Waals surface area contributed by atoms with Gasteiger partial charge in [-0.05, 0) is 68.0 Å². The van der Waals surface area contributed by atoms with Crippen molar-refractivity contribution in [2.24, 2.45) is 5.92 Å². The van der Waals surface area contributed by atoms with Crippen LogP contribution in [-0.4, -0.2) is 60.1 Å². The second-order valence-corrected chi connectivity index (χ2v) is 18.6. The van der Waals surface area contributed by atoms with Crippen molar-refractivity contribution in [3.05, 3.63) is 120 Å². The summed E-state index contributed by atoms with van der Waals surface area (Å²) in [6.07, 6.45) is 23.0. The van der Waals surface area contributed by atoms with Gasteiger partial charge in [0.25, 0.3) is 20.2 Å². The van der Waals surface area contributed by atoms with Crippen molar-refractivity contribution in [3.8, 4) is 0 Å². The van der Waals surface area contributed by atoms with Crippen molar-refractivity contribution in [1.82, 2.24) is 9.47 Å². The van der Waals surface area contributed by atoms with Gasteiger partial charge in [-0.3, -0.25) is 13.9 Å². The Bertz CT molecular complexity index is 2300. The lowest BCUT2D eigenvalue weighted by Gasteiger charge is -2.24. The number of fused-ring (bicyclic) bond motifs is 4. The average Bonchev–Trinajstić information content (AvgIpc) is 3.84. The second kappa shape index (κ2) is 22.3. The molecule has 0 saturated carbocycles. The fourth-order valence-electron chi connectivity index (χ4n) is 8.22. The highest BCUT2D eigenvalue weighted by Gasteiger charge is 2.22. The molecule has 1 aromatic heterocycles. The maximum Gasteiger partial charge on any atom is 0.303 e. The number of carboxylic acid groups (broad SMARTS) is 1. The molecule has 59 heavy (non-hydrogen) atoms. The molecule has 1 aliphatic carbocycles. The number of likely N-dealkylation sites (N-methyl/N-ethyl adjacent to an activating group) is 1. The number of benzene rings is 4. The van der Waals surface area contributed by atoms with E-state index >= 15 is 0 Å². The maximum absolute atomic E-state index is 11.2. The Morgan fingerprint density at radius 3 is 1.78 bits per heavy atom. The van der Waals surface area contributed by atoms with Gasteiger partial charge in [-0.25, -0.2) is 0 Å². The van der Waals surface area contributed by atoms with Gasteiger partial charge < -0.3 is 14.6 Å². The van der Waals surface area contributed by atoms with Crippen LogP contribution in [0.15, 0.2) is 113 Å². The first-order valence-electron chi connectivity index (χ1n) is 21.0. The van der Waals surface area contributed by atoms with Crippen molar-refractivity contribution in [2.75, 3.05) is 13.6 Å². The molecule has 1 unspecified atom stereocenters. The molecule has 1 aliphatic heterocycles. The summed E-state index contributed by atoms with van der Waals surface area (Å²) in [5.41, 5.74) is 5.80. The number of aliphatic carboxylic acids is 1. The third-order valence-corrected chi connectivity index (χ3v) is 13.1. The summed E-state index contributed by atoms with van der Waals surface area (Å²) in [5.74, 6) is 0.235. The first-order chi connectivity index (χ1) is 28.3. The van der Waals surface area contributed by atoms with E-state index in [1.54, 1.807) is 0 Å². The topological polar surface area (TPSA) is 154 Å². The van der Waals surface area contributed by atoms with Gasteiger partial charge in [0, 0.05) is 59.8 Å². The largest absolute Gasteiger partial charge is 0.481 e. The first kappa shape index (κ1) is 45.7. The molecule has 0 amide bonds. The minimum absolute atomic E-state index is 0.0233. The van der Waals surface area contributed by atoms with Crippen molar-refractivity contribution in [2.45, 2.75) is 119 Å². The van der Waals surface area contributed by atoms with Crippen LogP contribution in [0, 0.1) is 5.92 Å². The summed E-state index contributed by atoms with van der Waals surface area (Å²) in [6, 6.07) is 27.1. The Morgan fingerprint density at radius 1 is 0.678 bits per heavy atom. The fourth-order valence-corrected chi connectivity index (χ4v) is 9.63. The molecule has 12 heteroatoms. The molecule has 3 N–H and O–H groups in total. The highest BCUT2D eigenvalue weighted by atomic mass is 32.2. The third-order valence-electron chi connectivity index (χ3n) is 11.3. The molecule has 7 rings (SSSR count). The monoisotopic (exact) mass is 844 g/mol. The van der Waals surface area contributed by atoms with Gasteiger partial charge in [0.2, 0.25) is 0 Å². The number of para-hydroxylation sites is 1. The van der Waals surface area contributed by atoms with Crippen LogP contribution >= 0.6 is 0 Å². The lowest BCUT2D eigenvalue weighted by atomic mass is 9.99. The van der Waals surface area contributed by atoms with E-state index in [1.165, 1.54) is 123 Å². The standard InChI is InChI=1S/C19H20N2.C18H32O2.C10H8O6S2/c1-20-12-11-19-17(14-20)16-9-5-6-10-18(16)21(19)13-15-7-3-2-4-8-15;19-18(20)16-10-8-6-4-2-1-3-5-7-9-13-17-14-11-12-15-17;11-17(12,13)9-5-1-3-7-8(9)4-2-6-10(7)18(14,15)16/h2-10H,11-14H2,1H3;11,14,17H,1-10,12-13,15-16H2,(H,19,20);1-6H,(H,11,12,13)(H,14,15,16). The predicted octanol–water partition coefficient (Wildman–Crippen LogP) is 10.7. The number of nitrogens with zero attached hydrogens (tertiary/aromatic N) is 2. The summed E-state index contributed by atoms with van der Waals surface area (Å²) in [4.78, 5) is 11.9. The van der Waals surface area contributed by atoms with E-state index in [4.69, 9.17) is 14.2 Å². The SMILES string of the molecule is CN1CCc2c(c3ccccc3n2Cc2ccccc2)C1.O=C(O)CCCCCCCCCCCCC1C=CCC1.O=S(=O)(O)c1cccc2c(S(=O)(=O)O)cccc12. The molecule has 5 aromatic rings. The van der Waals surface area contributed by atoms with Crippen LogP contribution in [0.5, 0.6) is 0 Å². The average molecular weight is 845 g/mol. The van der Waals surface area contributed by atoms with Gasteiger partial charge in [-0.15, -0.1) is 0 Å². The number of rotatable bonds is 17. The molecular formula is C47H60N2O8S2. The normalized spacial score (nSPS) is 15.3. The minimum atomic E-state index is -4.47. The summed E-state index contributed by atoms with van der Waals surface area (Å²) >= 11 is 0. The second-order valence-electron chi connectivity index (χ2n) is 15.8. The Hall–Kier alpha value is -4.33. The van der Waals surface area contributed by atoms with Crippen LogP contribution in [0.1, 0.15) is 107 Å². The molecular weight excluding hydrogens is 785 g/mol. The molecule has 0 saturated heterocycles. The van der Waals surface area contributed by atoms with E-state index in [1.807, 2.05) is 0 Å². The predicted molar refractivity (Wildman–Crippen MR) is 236 cm³/mol.